The molecule has 28 heavy (non-hydrogen) atoms. The minimum Gasteiger partial charge on any atom is -0.373 e. The molecule has 7 heteroatoms. The van der Waals surface area contributed by atoms with Gasteiger partial charge in [0.1, 0.15) is 4.21 Å². The van der Waals surface area contributed by atoms with Crippen LogP contribution < -0.4 is 14.9 Å². The summed E-state index contributed by atoms with van der Waals surface area (Å²) in [5.41, 5.74) is 2.37. The van der Waals surface area contributed by atoms with Crippen LogP contribution in [0.4, 0.5) is 5.69 Å². The molecule has 1 aromatic carbocycles. The van der Waals surface area contributed by atoms with Crippen molar-refractivity contribution in [2.24, 2.45) is 0 Å². The lowest BCUT2D eigenvalue weighted by atomic mass is 10.1. The van der Waals surface area contributed by atoms with Gasteiger partial charge in [0.15, 0.2) is 0 Å². The van der Waals surface area contributed by atoms with E-state index < -0.39 is 10.0 Å². The Morgan fingerprint density at radius 2 is 1.89 bits per heavy atom. The quantitative estimate of drug-likeness (QED) is 0.480. The van der Waals surface area contributed by atoms with Crippen molar-refractivity contribution in [1.29, 1.82) is 0 Å². The van der Waals surface area contributed by atoms with Gasteiger partial charge in [0.05, 0.1) is 0 Å². The van der Waals surface area contributed by atoms with Gasteiger partial charge in [-0.1, -0.05) is 38.8 Å². The summed E-state index contributed by atoms with van der Waals surface area (Å²) in [5, 5.41) is 3.34. The third-order valence-corrected chi connectivity index (χ3v) is 7.62. The molecule has 0 atom stereocenters. The number of hydrogen-bond acceptors (Lipinski definition) is 5. The normalized spacial score (nSPS) is 11.7. The van der Waals surface area contributed by atoms with Crippen molar-refractivity contribution in [1.82, 2.24) is 10.0 Å². The van der Waals surface area contributed by atoms with E-state index in [0.29, 0.717) is 10.8 Å². The number of hydrogen-bond donors (Lipinski definition) is 2. The van der Waals surface area contributed by atoms with Gasteiger partial charge >= 0.3 is 0 Å². The minimum atomic E-state index is -3.39. The van der Waals surface area contributed by atoms with Gasteiger partial charge in [-0.3, -0.25) is 0 Å². The van der Waals surface area contributed by atoms with E-state index in [4.69, 9.17) is 0 Å². The Morgan fingerprint density at radius 1 is 1.07 bits per heavy atom. The van der Waals surface area contributed by atoms with Gasteiger partial charge in [-0.25, -0.2) is 13.1 Å². The Bertz CT molecular complexity index is 819. The Balaban J connectivity index is 1.98. The number of unbranched alkanes of at least 4 members (excludes halogenated alkanes) is 2. The molecule has 1 heterocycles. The van der Waals surface area contributed by atoms with E-state index in [-0.39, 0.29) is 0 Å². The van der Waals surface area contributed by atoms with Crippen LogP contribution in [0.3, 0.4) is 0 Å². The van der Waals surface area contributed by atoms with Crippen molar-refractivity contribution in [3.8, 4) is 0 Å². The average Bonchev–Trinajstić information content (AvgIpc) is 3.15. The lowest BCUT2D eigenvalue weighted by molar-refractivity contribution is 0.578. The fourth-order valence-electron chi connectivity index (χ4n) is 2.91. The van der Waals surface area contributed by atoms with Crippen LogP contribution in [0.25, 0.3) is 0 Å². The van der Waals surface area contributed by atoms with Crippen molar-refractivity contribution in [3.63, 3.8) is 0 Å². The van der Waals surface area contributed by atoms with Gasteiger partial charge in [0.25, 0.3) is 0 Å². The fraction of sp³-hybridized carbons (Fsp3) is 0.524. The molecule has 2 N–H and O–H groups in total. The first-order valence-corrected chi connectivity index (χ1v) is 12.4. The molecule has 0 fully saturated rings. The van der Waals surface area contributed by atoms with Crippen LogP contribution in [0.5, 0.6) is 0 Å². The second kappa shape index (κ2) is 11.6. The summed E-state index contributed by atoms with van der Waals surface area (Å²) in [6, 6.07) is 12.1. The van der Waals surface area contributed by atoms with E-state index in [1.165, 1.54) is 22.6 Å². The minimum absolute atomic E-state index is 0.401. The van der Waals surface area contributed by atoms with Crippen LogP contribution in [-0.2, 0) is 16.4 Å². The molecule has 1 aromatic heterocycles. The number of benzene rings is 1. The largest absolute Gasteiger partial charge is 0.373 e. The fourth-order valence-corrected chi connectivity index (χ4v) is 5.42. The highest BCUT2D eigenvalue weighted by atomic mass is 32.2. The van der Waals surface area contributed by atoms with Crippen LogP contribution in [0.1, 0.15) is 43.6 Å². The molecule has 0 bridgehead atoms. The monoisotopic (exact) mass is 423 g/mol. The van der Waals surface area contributed by atoms with Crippen LogP contribution in [0, 0.1) is 0 Å². The number of likely N-dealkylation sites (N-methyl/N-ethyl adjacent to an activating group) is 2. The summed E-state index contributed by atoms with van der Waals surface area (Å²) in [7, 11) is -1.30. The first-order valence-electron chi connectivity index (χ1n) is 10.1. The molecule has 0 aliphatic carbocycles. The van der Waals surface area contributed by atoms with Gasteiger partial charge in [-0.05, 0) is 42.8 Å². The third kappa shape index (κ3) is 7.20. The Labute approximate surface area is 174 Å². The zero-order valence-electron chi connectivity index (χ0n) is 17.2. The predicted octanol–water partition coefficient (Wildman–Crippen LogP) is 3.85. The summed E-state index contributed by atoms with van der Waals surface area (Å²) in [4.78, 5) is 3.29. The molecular weight excluding hydrogens is 390 g/mol. The van der Waals surface area contributed by atoms with Crippen LogP contribution in [0.2, 0.25) is 0 Å². The number of nitrogens with zero attached hydrogens (tertiary/aromatic N) is 1. The maximum Gasteiger partial charge on any atom is 0.250 e. The Hall–Kier alpha value is -1.41. The van der Waals surface area contributed by atoms with Crippen LogP contribution in [-0.4, -0.2) is 41.6 Å². The molecule has 5 nitrogen and oxygen atoms in total. The first kappa shape index (κ1) is 22.9. The third-order valence-electron chi connectivity index (χ3n) is 4.58. The highest BCUT2D eigenvalue weighted by molar-refractivity contribution is 7.91. The maximum atomic E-state index is 12.4. The van der Waals surface area contributed by atoms with E-state index in [9.17, 15) is 8.42 Å². The summed E-state index contributed by atoms with van der Waals surface area (Å²) in [5.74, 6) is 0. The molecule has 0 unspecified atom stereocenters. The number of thiophene rings is 1. The number of sulfonamides is 1. The van der Waals surface area contributed by atoms with E-state index in [1.807, 2.05) is 6.07 Å². The van der Waals surface area contributed by atoms with E-state index in [2.05, 4.69) is 60.1 Å². The van der Waals surface area contributed by atoms with Crippen molar-refractivity contribution in [3.05, 3.63) is 46.8 Å². The highest BCUT2D eigenvalue weighted by Gasteiger charge is 2.16. The molecule has 0 aliphatic rings. The molecule has 156 valence electrons. The van der Waals surface area contributed by atoms with E-state index in [0.717, 1.165) is 50.2 Å². The second-order valence-corrected chi connectivity index (χ2v) is 10.1. The Kier molecular flexibility index (Phi) is 9.44. The lowest BCUT2D eigenvalue weighted by Gasteiger charge is -2.20. The summed E-state index contributed by atoms with van der Waals surface area (Å²) in [6.45, 7) is 7.60. The summed E-state index contributed by atoms with van der Waals surface area (Å²) in [6.07, 6.45) is 3.73. The highest BCUT2D eigenvalue weighted by Crippen LogP contribution is 2.25. The van der Waals surface area contributed by atoms with E-state index >= 15 is 0 Å². The molecular formula is C21H33N3O2S2. The van der Waals surface area contributed by atoms with Gasteiger partial charge in [0, 0.05) is 43.7 Å². The van der Waals surface area contributed by atoms with Crippen LogP contribution >= 0.6 is 11.3 Å². The zero-order valence-corrected chi connectivity index (χ0v) is 18.8. The molecule has 0 amide bonds. The number of anilines is 1. The SMILES string of the molecule is CCCCCNS(=O)(=O)c1ccc(Cc2cccc(N(C)CCNCC)c2)s1. The van der Waals surface area contributed by atoms with Gasteiger partial charge in [-0.15, -0.1) is 11.3 Å². The predicted molar refractivity (Wildman–Crippen MR) is 120 cm³/mol. The smallest absolute Gasteiger partial charge is 0.250 e. The lowest BCUT2D eigenvalue weighted by Crippen LogP contribution is -2.28. The average molecular weight is 424 g/mol. The number of nitrogens with one attached hydrogen (secondary N) is 2. The topological polar surface area (TPSA) is 61.4 Å². The van der Waals surface area contributed by atoms with Crippen molar-refractivity contribution >= 4 is 27.0 Å². The van der Waals surface area contributed by atoms with Crippen molar-refractivity contribution < 1.29 is 8.42 Å². The molecule has 0 spiro atoms. The molecule has 0 saturated carbocycles. The standard InChI is InChI=1S/C21H33N3O2S2/c1-4-6-7-13-23-28(25,26)21-12-11-20(27-21)17-18-9-8-10-19(16-18)24(3)15-14-22-5-2/h8-12,16,22-23H,4-7,13-15,17H2,1-3H3. The molecule has 0 radical (unpaired) electrons. The van der Waals surface area contributed by atoms with Gasteiger partial charge < -0.3 is 10.2 Å². The second-order valence-electron chi connectivity index (χ2n) is 6.95. The first-order chi connectivity index (χ1) is 13.5. The van der Waals surface area contributed by atoms with Crippen molar-refractivity contribution in [2.75, 3.05) is 38.1 Å². The summed E-state index contributed by atoms with van der Waals surface area (Å²) >= 11 is 1.36. The van der Waals surface area contributed by atoms with Crippen molar-refractivity contribution in [2.45, 2.75) is 43.7 Å². The maximum absolute atomic E-state index is 12.4. The van der Waals surface area contributed by atoms with Crippen LogP contribution in [0.15, 0.2) is 40.6 Å². The zero-order chi connectivity index (χ0) is 20.4. The molecule has 0 aliphatic heterocycles. The molecule has 2 rings (SSSR count). The summed E-state index contributed by atoms with van der Waals surface area (Å²) < 4.78 is 27.9. The Morgan fingerprint density at radius 3 is 2.64 bits per heavy atom. The molecule has 0 saturated heterocycles. The number of rotatable bonds is 13. The van der Waals surface area contributed by atoms with Gasteiger partial charge in [0.2, 0.25) is 10.0 Å². The van der Waals surface area contributed by atoms with E-state index in [1.54, 1.807) is 6.07 Å². The molecule has 2 aromatic rings. The van der Waals surface area contributed by atoms with Gasteiger partial charge in [-0.2, -0.15) is 0 Å².